The molecule has 0 aromatic carbocycles. The molecular weight excluding hydrogens is 334 g/mol. The van der Waals surface area contributed by atoms with E-state index in [4.69, 9.17) is 9.26 Å². The molecule has 0 radical (unpaired) electrons. The molecule has 1 N–H and O–H groups in total. The molecular formula is C18H25N5O3. The van der Waals surface area contributed by atoms with Crippen molar-refractivity contribution in [1.29, 1.82) is 0 Å². The average Bonchev–Trinajstić information content (AvgIpc) is 3.22. The first-order chi connectivity index (χ1) is 12.7. The van der Waals surface area contributed by atoms with Gasteiger partial charge >= 0.3 is 0 Å². The number of morpholine rings is 1. The summed E-state index contributed by atoms with van der Waals surface area (Å²) in [4.78, 5) is 19.2. The Kier molecular flexibility index (Phi) is 4.78. The summed E-state index contributed by atoms with van der Waals surface area (Å²) in [7, 11) is 1.99. The molecule has 1 aliphatic carbocycles. The molecule has 0 unspecified atom stereocenters. The van der Waals surface area contributed by atoms with Gasteiger partial charge < -0.3 is 19.1 Å². The highest BCUT2D eigenvalue weighted by molar-refractivity contribution is 5.95. The lowest BCUT2D eigenvalue weighted by Crippen LogP contribution is -2.50. The number of nitrogens with one attached hydrogen (secondary N) is 1. The molecule has 2 fully saturated rings. The third-order valence-electron chi connectivity index (χ3n) is 5.29. The van der Waals surface area contributed by atoms with Crippen LogP contribution in [0, 0.1) is 0 Å². The number of amides is 1. The van der Waals surface area contributed by atoms with E-state index in [9.17, 15) is 4.79 Å². The van der Waals surface area contributed by atoms with Crippen molar-refractivity contribution in [3.8, 4) is 0 Å². The minimum atomic E-state index is -0.144. The van der Waals surface area contributed by atoms with Crippen LogP contribution in [0.5, 0.6) is 0 Å². The van der Waals surface area contributed by atoms with Crippen molar-refractivity contribution < 1.29 is 14.1 Å². The quantitative estimate of drug-likeness (QED) is 0.841. The molecule has 1 saturated heterocycles. The highest BCUT2D eigenvalue weighted by Crippen LogP contribution is 2.40. The largest absolute Gasteiger partial charge is 0.373 e. The van der Waals surface area contributed by atoms with Gasteiger partial charge in [-0.2, -0.15) is 0 Å². The topological polar surface area (TPSA) is 85.4 Å². The Labute approximate surface area is 152 Å². The van der Waals surface area contributed by atoms with Gasteiger partial charge in [-0.25, -0.2) is 4.98 Å². The zero-order chi connectivity index (χ0) is 18.1. The van der Waals surface area contributed by atoms with E-state index >= 15 is 0 Å². The molecule has 140 valence electrons. The predicted octanol–water partition coefficient (Wildman–Crippen LogP) is 1.48. The molecule has 3 heterocycles. The predicted molar refractivity (Wildman–Crippen MR) is 93.7 cm³/mol. The van der Waals surface area contributed by atoms with E-state index in [1.165, 1.54) is 6.26 Å². The molecule has 0 bridgehead atoms. The first-order valence-electron chi connectivity index (χ1n) is 9.23. The third-order valence-corrected chi connectivity index (χ3v) is 5.29. The zero-order valence-electron chi connectivity index (χ0n) is 15.2. The summed E-state index contributed by atoms with van der Waals surface area (Å²) in [6.07, 6.45) is 7.14. The fourth-order valence-electron chi connectivity index (χ4n) is 3.70. The summed E-state index contributed by atoms with van der Waals surface area (Å²) in [6, 6.07) is 0.0620. The Morgan fingerprint density at radius 1 is 1.42 bits per heavy atom. The summed E-state index contributed by atoms with van der Waals surface area (Å²) in [5.41, 5.74) is 2.42. The SMILES string of the molecule is CCN1CCO[C@@H](CNC(=O)c2conc2C2CC2)[C@@H]1c1cncn1C. The van der Waals surface area contributed by atoms with Crippen LogP contribution in [-0.2, 0) is 11.8 Å². The van der Waals surface area contributed by atoms with Crippen molar-refractivity contribution in [2.45, 2.75) is 37.8 Å². The number of carbonyl (C=O) groups is 1. The second-order valence-electron chi connectivity index (χ2n) is 7.01. The van der Waals surface area contributed by atoms with Crippen LogP contribution in [-0.4, -0.2) is 57.9 Å². The second-order valence-corrected chi connectivity index (χ2v) is 7.01. The van der Waals surface area contributed by atoms with E-state index in [2.05, 4.69) is 27.3 Å². The molecule has 1 saturated carbocycles. The van der Waals surface area contributed by atoms with Gasteiger partial charge in [-0.05, 0) is 19.4 Å². The monoisotopic (exact) mass is 359 g/mol. The molecule has 26 heavy (non-hydrogen) atoms. The number of hydrogen-bond acceptors (Lipinski definition) is 6. The fraction of sp³-hybridized carbons (Fsp3) is 0.611. The number of ether oxygens (including phenoxy) is 1. The number of aryl methyl sites for hydroxylation is 1. The maximum absolute atomic E-state index is 12.6. The molecule has 2 aromatic heterocycles. The van der Waals surface area contributed by atoms with Gasteiger partial charge in [0.05, 0.1) is 36.5 Å². The number of hydrogen-bond donors (Lipinski definition) is 1. The average molecular weight is 359 g/mol. The van der Waals surface area contributed by atoms with E-state index in [0.717, 1.165) is 37.3 Å². The normalized spacial score (nSPS) is 23.9. The Balaban J connectivity index is 1.47. The van der Waals surface area contributed by atoms with Gasteiger partial charge in [-0.3, -0.25) is 9.69 Å². The van der Waals surface area contributed by atoms with Crippen LogP contribution in [0.4, 0.5) is 0 Å². The minimum absolute atomic E-state index is 0.0620. The number of imidazole rings is 1. The van der Waals surface area contributed by atoms with E-state index < -0.39 is 0 Å². The van der Waals surface area contributed by atoms with Crippen molar-refractivity contribution in [2.24, 2.45) is 7.05 Å². The van der Waals surface area contributed by atoms with Crippen LogP contribution in [0.1, 0.15) is 53.5 Å². The smallest absolute Gasteiger partial charge is 0.256 e. The number of aromatic nitrogens is 3. The lowest BCUT2D eigenvalue weighted by molar-refractivity contribution is -0.0706. The molecule has 1 aliphatic heterocycles. The summed E-state index contributed by atoms with van der Waals surface area (Å²) < 4.78 is 13.1. The Morgan fingerprint density at radius 3 is 2.96 bits per heavy atom. The third kappa shape index (κ3) is 3.26. The van der Waals surface area contributed by atoms with Crippen molar-refractivity contribution in [2.75, 3.05) is 26.2 Å². The summed E-state index contributed by atoms with van der Waals surface area (Å²) in [5.74, 6) is 0.229. The number of rotatable bonds is 6. The van der Waals surface area contributed by atoms with Crippen molar-refractivity contribution in [1.82, 2.24) is 24.9 Å². The molecule has 2 atom stereocenters. The van der Waals surface area contributed by atoms with Gasteiger partial charge in [-0.15, -0.1) is 0 Å². The van der Waals surface area contributed by atoms with Crippen LogP contribution in [0.2, 0.25) is 0 Å². The van der Waals surface area contributed by atoms with Gasteiger partial charge in [0.1, 0.15) is 11.8 Å². The van der Waals surface area contributed by atoms with Gasteiger partial charge in [0.15, 0.2) is 0 Å². The Bertz CT molecular complexity index is 766. The van der Waals surface area contributed by atoms with Crippen LogP contribution in [0.15, 0.2) is 23.3 Å². The molecule has 8 nitrogen and oxygen atoms in total. The van der Waals surface area contributed by atoms with E-state index in [-0.39, 0.29) is 18.1 Å². The van der Waals surface area contributed by atoms with Crippen LogP contribution in [0.3, 0.4) is 0 Å². The fourth-order valence-corrected chi connectivity index (χ4v) is 3.70. The van der Waals surface area contributed by atoms with E-state index in [1.54, 1.807) is 6.33 Å². The second kappa shape index (κ2) is 7.20. The number of likely N-dealkylation sites (N-methyl/N-ethyl adjacent to an activating group) is 1. The summed E-state index contributed by atoms with van der Waals surface area (Å²) in [6.45, 7) is 5.02. The van der Waals surface area contributed by atoms with Crippen LogP contribution >= 0.6 is 0 Å². The molecule has 0 spiro atoms. The van der Waals surface area contributed by atoms with Crippen molar-refractivity contribution in [3.63, 3.8) is 0 Å². The van der Waals surface area contributed by atoms with Crippen molar-refractivity contribution >= 4 is 5.91 Å². The first kappa shape index (κ1) is 17.2. The first-order valence-corrected chi connectivity index (χ1v) is 9.23. The van der Waals surface area contributed by atoms with Crippen LogP contribution in [0.25, 0.3) is 0 Å². The Morgan fingerprint density at radius 2 is 2.27 bits per heavy atom. The van der Waals surface area contributed by atoms with E-state index in [1.807, 2.05) is 17.8 Å². The molecule has 2 aromatic rings. The molecule has 4 rings (SSSR count). The van der Waals surface area contributed by atoms with Crippen LogP contribution < -0.4 is 5.32 Å². The summed E-state index contributed by atoms with van der Waals surface area (Å²) in [5, 5.41) is 7.01. The van der Waals surface area contributed by atoms with Crippen molar-refractivity contribution in [3.05, 3.63) is 35.7 Å². The zero-order valence-corrected chi connectivity index (χ0v) is 15.2. The maximum Gasteiger partial charge on any atom is 0.256 e. The standard InChI is InChI=1S/C18H25N5O3/c1-3-23-6-7-25-15(17(23)14-8-19-11-22(14)2)9-20-18(24)13-10-26-21-16(13)12-4-5-12/h8,10-12,15,17H,3-7,9H2,1-2H3,(H,20,24)/t15-,17-/m0/s1. The summed E-state index contributed by atoms with van der Waals surface area (Å²) >= 11 is 0. The minimum Gasteiger partial charge on any atom is -0.373 e. The highest BCUT2D eigenvalue weighted by atomic mass is 16.5. The Hall–Kier alpha value is -2.19. The lowest BCUT2D eigenvalue weighted by atomic mass is 10.0. The van der Waals surface area contributed by atoms with Gasteiger partial charge in [0.25, 0.3) is 5.91 Å². The van der Waals surface area contributed by atoms with E-state index in [0.29, 0.717) is 24.6 Å². The molecule has 2 aliphatic rings. The van der Waals surface area contributed by atoms with Gasteiger partial charge in [0.2, 0.25) is 0 Å². The number of nitrogens with zero attached hydrogens (tertiary/aromatic N) is 4. The lowest BCUT2D eigenvalue weighted by Gasteiger charge is -2.40. The molecule has 1 amide bonds. The molecule has 8 heteroatoms. The maximum atomic E-state index is 12.6. The highest BCUT2D eigenvalue weighted by Gasteiger charge is 2.36. The number of carbonyl (C=O) groups excluding carboxylic acids is 1. The van der Waals surface area contributed by atoms with Gasteiger partial charge in [0, 0.05) is 32.3 Å². The van der Waals surface area contributed by atoms with Gasteiger partial charge in [-0.1, -0.05) is 12.1 Å².